The lowest BCUT2D eigenvalue weighted by Gasteiger charge is -2.18. The highest BCUT2D eigenvalue weighted by Crippen LogP contribution is 2.30. The van der Waals surface area contributed by atoms with Crippen LogP contribution in [0.4, 0.5) is 15.2 Å². The Morgan fingerprint density at radius 2 is 1.93 bits per heavy atom. The molecule has 4 aromatic rings. The second-order valence-corrected chi connectivity index (χ2v) is 7.16. The third kappa shape index (κ3) is 4.03. The Morgan fingerprint density at radius 3 is 2.73 bits per heavy atom. The first-order valence-electron chi connectivity index (χ1n) is 8.96. The van der Waals surface area contributed by atoms with Gasteiger partial charge in [-0.3, -0.25) is 14.5 Å². The largest absolute Gasteiger partial charge is 0.458 e. The summed E-state index contributed by atoms with van der Waals surface area (Å²) >= 11 is 1.16. The van der Waals surface area contributed by atoms with Crippen molar-refractivity contribution in [1.29, 1.82) is 0 Å². The molecular formula is C20H16FN5O3S. The van der Waals surface area contributed by atoms with Crippen LogP contribution in [0, 0.1) is 5.82 Å². The average molecular weight is 425 g/mol. The van der Waals surface area contributed by atoms with Crippen molar-refractivity contribution < 1.29 is 18.7 Å². The van der Waals surface area contributed by atoms with Crippen molar-refractivity contribution in [3.63, 3.8) is 0 Å². The Hall–Kier alpha value is -3.66. The van der Waals surface area contributed by atoms with Gasteiger partial charge in [0.1, 0.15) is 24.5 Å². The number of hydrogen-bond donors (Lipinski definition) is 0. The summed E-state index contributed by atoms with van der Waals surface area (Å²) in [6.07, 6.45) is 0. The molecule has 0 aliphatic heterocycles. The maximum atomic E-state index is 14.1. The number of hydrogen-bond acceptors (Lipinski definition) is 7. The third-order valence-corrected chi connectivity index (χ3v) is 5.09. The summed E-state index contributed by atoms with van der Waals surface area (Å²) in [4.78, 5) is 29.8. The number of anilines is 2. The monoisotopic (exact) mass is 425 g/mol. The number of halogens is 1. The van der Waals surface area contributed by atoms with Gasteiger partial charge in [0.15, 0.2) is 5.13 Å². The van der Waals surface area contributed by atoms with Gasteiger partial charge >= 0.3 is 5.97 Å². The lowest BCUT2D eigenvalue weighted by atomic mass is 10.3. The summed E-state index contributed by atoms with van der Waals surface area (Å²) in [5, 5.41) is 9.89. The fourth-order valence-corrected chi connectivity index (χ4v) is 3.73. The molecule has 0 radical (unpaired) electrons. The lowest BCUT2D eigenvalue weighted by Crippen LogP contribution is -2.23. The number of carbonyl (C=O) groups is 2. The molecule has 0 spiro atoms. The normalized spacial score (nSPS) is 10.9. The zero-order valence-electron chi connectivity index (χ0n) is 15.9. The Kier molecular flexibility index (Phi) is 5.48. The van der Waals surface area contributed by atoms with Gasteiger partial charge in [-0.25, -0.2) is 14.1 Å². The van der Waals surface area contributed by atoms with Crippen LogP contribution in [-0.2, 0) is 27.5 Å². The van der Waals surface area contributed by atoms with Gasteiger partial charge in [0.2, 0.25) is 5.91 Å². The predicted molar refractivity (Wildman–Crippen MR) is 109 cm³/mol. The Bertz CT molecular complexity index is 1220. The van der Waals surface area contributed by atoms with Crippen molar-refractivity contribution in [2.24, 2.45) is 0 Å². The lowest BCUT2D eigenvalue weighted by molar-refractivity contribution is -0.146. The van der Waals surface area contributed by atoms with Crippen LogP contribution < -0.4 is 4.90 Å². The molecule has 2 aromatic heterocycles. The summed E-state index contributed by atoms with van der Waals surface area (Å²) in [5.41, 5.74) is 1.98. The molecule has 1 amide bonds. The fraction of sp³-hybridized carbons (Fsp3) is 0.150. The second kappa shape index (κ2) is 8.37. The molecule has 0 atom stereocenters. The summed E-state index contributed by atoms with van der Waals surface area (Å²) in [7, 11) is 0. The van der Waals surface area contributed by atoms with Crippen LogP contribution in [0.15, 0.2) is 53.9 Å². The predicted octanol–water partition coefficient (Wildman–Crippen LogP) is 3.45. The zero-order valence-corrected chi connectivity index (χ0v) is 16.7. The molecule has 152 valence electrons. The molecule has 0 aliphatic rings. The zero-order chi connectivity index (χ0) is 21.1. The van der Waals surface area contributed by atoms with E-state index in [4.69, 9.17) is 4.74 Å². The van der Waals surface area contributed by atoms with Gasteiger partial charge in [0.05, 0.1) is 16.9 Å². The van der Waals surface area contributed by atoms with Crippen molar-refractivity contribution >= 4 is 45.1 Å². The number of ether oxygens (including phenoxy) is 1. The number of aromatic nitrogens is 4. The van der Waals surface area contributed by atoms with Gasteiger partial charge in [-0.1, -0.05) is 29.5 Å². The van der Waals surface area contributed by atoms with Crippen LogP contribution in [-0.4, -0.2) is 31.9 Å². The SMILES string of the molecule is CC(=O)N(c1nc(COC(=O)Cn2nnc3ccccc32)cs1)c1ccccc1F. The summed E-state index contributed by atoms with van der Waals surface area (Å²) in [5.74, 6) is -1.41. The van der Waals surface area contributed by atoms with Crippen LogP contribution in [0.2, 0.25) is 0 Å². The van der Waals surface area contributed by atoms with Crippen LogP contribution >= 0.6 is 11.3 Å². The molecule has 2 heterocycles. The van der Waals surface area contributed by atoms with Gasteiger partial charge in [0, 0.05) is 12.3 Å². The summed E-state index contributed by atoms with van der Waals surface area (Å²) < 4.78 is 20.9. The highest BCUT2D eigenvalue weighted by molar-refractivity contribution is 7.14. The van der Waals surface area contributed by atoms with E-state index in [1.165, 1.54) is 28.6 Å². The number of nitrogens with zero attached hydrogens (tertiary/aromatic N) is 5. The minimum absolute atomic E-state index is 0.0784. The molecule has 0 saturated heterocycles. The molecule has 0 fully saturated rings. The van der Waals surface area contributed by atoms with Crippen molar-refractivity contribution in [3.8, 4) is 0 Å². The smallest absolute Gasteiger partial charge is 0.328 e. The van der Waals surface area contributed by atoms with Crippen LogP contribution in [0.1, 0.15) is 12.6 Å². The topological polar surface area (TPSA) is 90.2 Å². The van der Waals surface area contributed by atoms with Crippen molar-refractivity contribution in [3.05, 3.63) is 65.4 Å². The van der Waals surface area contributed by atoms with Crippen LogP contribution in [0.25, 0.3) is 11.0 Å². The van der Waals surface area contributed by atoms with Crippen molar-refractivity contribution in [2.75, 3.05) is 4.90 Å². The number of rotatable bonds is 6. The van der Waals surface area contributed by atoms with E-state index in [1.807, 2.05) is 18.2 Å². The first-order valence-corrected chi connectivity index (χ1v) is 9.84. The number of thiazole rings is 1. The molecule has 0 N–H and O–H groups in total. The highest BCUT2D eigenvalue weighted by Gasteiger charge is 2.21. The first-order chi connectivity index (χ1) is 14.5. The van der Waals surface area contributed by atoms with E-state index >= 15 is 0 Å². The number of para-hydroxylation sites is 2. The maximum Gasteiger partial charge on any atom is 0.328 e. The van der Waals surface area contributed by atoms with Gasteiger partial charge in [-0.05, 0) is 24.3 Å². The van der Waals surface area contributed by atoms with Crippen LogP contribution in [0.5, 0.6) is 0 Å². The number of esters is 1. The van der Waals surface area contributed by atoms with Crippen molar-refractivity contribution in [1.82, 2.24) is 20.0 Å². The minimum Gasteiger partial charge on any atom is -0.458 e. The third-order valence-electron chi connectivity index (χ3n) is 4.22. The summed E-state index contributed by atoms with van der Waals surface area (Å²) in [6.45, 7) is 1.16. The Morgan fingerprint density at radius 1 is 1.17 bits per heavy atom. The van der Waals surface area contributed by atoms with Gasteiger partial charge in [0.25, 0.3) is 0 Å². The molecule has 0 unspecified atom stereocenters. The molecule has 4 rings (SSSR count). The van der Waals surface area contributed by atoms with E-state index in [2.05, 4.69) is 15.3 Å². The molecular weight excluding hydrogens is 409 g/mol. The Labute approximate surface area is 174 Å². The van der Waals surface area contributed by atoms with E-state index in [9.17, 15) is 14.0 Å². The number of benzene rings is 2. The molecule has 8 nitrogen and oxygen atoms in total. The fourth-order valence-electron chi connectivity index (χ4n) is 2.86. The molecule has 0 saturated carbocycles. The number of carbonyl (C=O) groups excluding carboxylic acids is 2. The minimum atomic E-state index is -0.532. The standard InChI is InChI=1S/C20H16FN5O3S/c1-13(27)26(17-8-4-2-6-15(17)21)20-22-14(12-30-20)11-29-19(28)10-25-18-9-5-3-7-16(18)23-24-25/h2-9,12H,10-11H2,1H3. The van der Waals surface area contributed by atoms with Crippen LogP contribution in [0.3, 0.4) is 0 Å². The van der Waals surface area contributed by atoms with E-state index < -0.39 is 11.8 Å². The van der Waals surface area contributed by atoms with Gasteiger partial charge in [-0.2, -0.15) is 0 Å². The highest BCUT2D eigenvalue weighted by atomic mass is 32.1. The quantitative estimate of drug-likeness (QED) is 0.440. The molecule has 30 heavy (non-hydrogen) atoms. The van der Waals surface area contributed by atoms with E-state index in [1.54, 1.807) is 23.6 Å². The molecule has 2 aromatic carbocycles. The Balaban J connectivity index is 1.43. The van der Waals surface area contributed by atoms with E-state index in [0.717, 1.165) is 16.9 Å². The average Bonchev–Trinajstić information content (AvgIpc) is 3.35. The first kappa shape index (κ1) is 19.6. The number of fused-ring (bicyclic) bond motifs is 1. The summed E-state index contributed by atoms with van der Waals surface area (Å²) in [6, 6.07) is 13.2. The van der Waals surface area contributed by atoms with Crippen molar-refractivity contribution in [2.45, 2.75) is 20.1 Å². The molecule has 10 heteroatoms. The molecule has 0 bridgehead atoms. The van der Waals surface area contributed by atoms with E-state index in [0.29, 0.717) is 16.3 Å². The number of amides is 1. The van der Waals surface area contributed by atoms with E-state index in [-0.39, 0.29) is 24.7 Å². The molecule has 0 aliphatic carbocycles. The maximum absolute atomic E-state index is 14.1. The van der Waals surface area contributed by atoms with Gasteiger partial charge in [-0.15, -0.1) is 16.4 Å². The second-order valence-electron chi connectivity index (χ2n) is 6.32. The van der Waals surface area contributed by atoms with Gasteiger partial charge < -0.3 is 4.74 Å².